The van der Waals surface area contributed by atoms with Crippen molar-refractivity contribution in [3.63, 3.8) is 0 Å². The normalized spacial score (nSPS) is 25.5. The standard InChI is InChI=1S/C15H22N2/c1-2-4-14-13(3-1)7-10-17-15(14)11-12-5-8-16-9-6-12/h1-4,12,15-17H,5-11H2/t15-/m1/s1. The number of hydrogen-bond donors (Lipinski definition) is 2. The zero-order chi connectivity index (χ0) is 11.5. The SMILES string of the molecule is c1ccc2c(c1)CCN[C@@H]2CC1CCNCC1. The number of fused-ring (bicyclic) bond motifs is 1. The van der Waals surface area contributed by atoms with Gasteiger partial charge in [-0.25, -0.2) is 0 Å². The molecule has 1 saturated heterocycles. The third kappa shape index (κ3) is 2.53. The molecule has 17 heavy (non-hydrogen) atoms. The molecule has 0 aromatic heterocycles. The van der Waals surface area contributed by atoms with Gasteiger partial charge in [0, 0.05) is 6.04 Å². The molecule has 0 spiro atoms. The number of nitrogens with one attached hydrogen (secondary N) is 2. The van der Waals surface area contributed by atoms with Crippen LogP contribution in [0.2, 0.25) is 0 Å². The van der Waals surface area contributed by atoms with Crippen molar-refractivity contribution in [1.82, 2.24) is 10.6 Å². The molecule has 1 aromatic rings. The van der Waals surface area contributed by atoms with Crippen molar-refractivity contribution in [2.75, 3.05) is 19.6 Å². The molecule has 0 saturated carbocycles. The molecule has 1 atom stereocenters. The largest absolute Gasteiger partial charge is 0.317 e. The highest BCUT2D eigenvalue weighted by Gasteiger charge is 2.23. The fraction of sp³-hybridized carbons (Fsp3) is 0.600. The van der Waals surface area contributed by atoms with Crippen molar-refractivity contribution in [1.29, 1.82) is 0 Å². The summed E-state index contributed by atoms with van der Waals surface area (Å²) in [5, 5.41) is 7.15. The first kappa shape index (κ1) is 11.2. The highest BCUT2D eigenvalue weighted by atomic mass is 14.9. The van der Waals surface area contributed by atoms with Gasteiger partial charge in [0.25, 0.3) is 0 Å². The maximum Gasteiger partial charge on any atom is 0.0325 e. The molecule has 1 aromatic carbocycles. The van der Waals surface area contributed by atoms with Gasteiger partial charge in [0.15, 0.2) is 0 Å². The van der Waals surface area contributed by atoms with Crippen molar-refractivity contribution in [3.8, 4) is 0 Å². The molecule has 2 nitrogen and oxygen atoms in total. The maximum absolute atomic E-state index is 3.70. The van der Waals surface area contributed by atoms with Gasteiger partial charge in [-0.05, 0) is 62.4 Å². The molecule has 2 aliphatic rings. The second-order valence-corrected chi connectivity index (χ2v) is 5.38. The number of benzene rings is 1. The summed E-state index contributed by atoms with van der Waals surface area (Å²) in [6, 6.07) is 9.56. The van der Waals surface area contributed by atoms with Crippen LogP contribution in [0.1, 0.15) is 36.4 Å². The van der Waals surface area contributed by atoms with E-state index in [0.717, 1.165) is 12.5 Å². The smallest absolute Gasteiger partial charge is 0.0325 e. The molecule has 2 heterocycles. The quantitative estimate of drug-likeness (QED) is 0.814. The Morgan fingerprint density at radius 2 is 1.88 bits per heavy atom. The zero-order valence-corrected chi connectivity index (χ0v) is 10.4. The lowest BCUT2D eigenvalue weighted by Crippen LogP contribution is -2.34. The summed E-state index contributed by atoms with van der Waals surface area (Å²) in [6.07, 6.45) is 5.21. The lowest BCUT2D eigenvalue weighted by molar-refractivity contribution is 0.306. The Labute approximate surface area is 104 Å². The Morgan fingerprint density at radius 3 is 2.76 bits per heavy atom. The second-order valence-electron chi connectivity index (χ2n) is 5.38. The van der Waals surface area contributed by atoms with Crippen molar-refractivity contribution < 1.29 is 0 Å². The van der Waals surface area contributed by atoms with Crippen LogP contribution in [-0.4, -0.2) is 19.6 Å². The first-order valence-electron chi connectivity index (χ1n) is 6.95. The average molecular weight is 230 g/mol. The van der Waals surface area contributed by atoms with Gasteiger partial charge in [0.05, 0.1) is 0 Å². The minimum absolute atomic E-state index is 0.600. The number of hydrogen-bond acceptors (Lipinski definition) is 2. The van der Waals surface area contributed by atoms with Crippen molar-refractivity contribution >= 4 is 0 Å². The summed E-state index contributed by atoms with van der Waals surface area (Å²) in [4.78, 5) is 0. The monoisotopic (exact) mass is 230 g/mol. The van der Waals surface area contributed by atoms with Crippen LogP contribution in [0.15, 0.2) is 24.3 Å². The molecule has 0 unspecified atom stereocenters. The maximum atomic E-state index is 3.70. The Bertz CT molecular complexity index is 369. The summed E-state index contributed by atoms with van der Waals surface area (Å²) in [6.45, 7) is 3.56. The van der Waals surface area contributed by atoms with Gasteiger partial charge in [0.2, 0.25) is 0 Å². The third-order valence-corrected chi connectivity index (χ3v) is 4.24. The van der Waals surface area contributed by atoms with Gasteiger partial charge >= 0.3 is 0 Å². The lowest BCUT2D eigenvalue weighted by atomic mass is 9.85. The number of rotatable bonds is 2. The molecular formula is C15H22N2. The van der Waals surface area contributed by atoms with E-state index in [1.165, 1.54) is 38.8 Å². The average Bonchev–Trinajstić information content (AvgIpc) is 2.40. The van der Waals surface area contributed by atoms with Crippen LogP contribution in [-0.2, 0) is 6.42 Å². The first-order valence-corrected chi connectivity index (χ1v) is 6.95. The Balaban J connectivity index is 1.71. The minimum Gasteiger partial charge on any atom is -0.317 e. The fourth-order valence-corrected chi connectivity index (χ4v) is 3.25. The van der Waals surface area contributed by atoms with Gasteiger partial charge < -0.3 is 10.6 Å². The minimum atomic E-state index is 0.600. The molecule has 0 amide bonds. The summed E-state index contributed by atoms with van der Waals surface area (Å²) in [5.41, 5.74) is 3.11. The van der Waals surface area contributed by atoms with E-state index in [2.05, 4.69) is 34.9 Å². The molecule has 0 bridgehead atoms. The molecule has 1 fully saturated rings. The van der Waals surface area contributed by atoms with Gasteiger partial charge in [-0.1, -0.05) is 24.3 Å². The van der Waals surface area contributed by atoms with E-state index in [-0.39, 0.29) is 0 Å². The van der Waals surface area contributed by atoms with E-state index >= 15 is 0 Å². The van der Waals surface area contributed by atoms with Crippen molar-refractivity contribution in [2.24, 2.45) is 5.92 Å². The van der Waals surface area contributed by atoms with Crippen LogP contribution in [0.25, 0.3) is 0 Å². The van der Waals surface area contributed by atoms with E-state index < -0.39 is 0 Å². The summed E-state index contributed by atoms with van der Waals surface area (Å²) in [7, 11) is 0. The lowest BCUT2D eigenvalue weighted by Gasteiger charge is -2.31. The molecular weight excluding hydrogens is 208 g/mol. The van der Waals surface area contributed by atoms with Crippen LogP contribution in [0.4, 0.5) is 0 Å². The van der Waals surface area contributed by atoms with Crippen LogP contribution >= 0.6 is 0 Å². The highest BCUT2D eigenvalue weighted by molar-refractivity contribution is 5.32. The van der Waals surface area contributed by atoms with E-state index in [9.17, 15) is 0 Å². The van der Waals surface area contributed by atoms with Crippen LogP contribution < -0.4 is 10.6 Å². The molecule has 2 heteroatoms. The number of piperidine rings is 1. The van der Waals surface area contributed by atoms with E-state index in [1.54, 1.807) is 11.1 Å². The summed E-state index contributed by atoms with van der Waals surface area (Å²) in [5.74, 6) is 0.903. The predicted molar refractivity (Wildman–Crippen MR) is 71.1 cm³/mol. The third-order valence-electron chi connectivity index (χ3n) is 4.24. The summed E-state index contributed by atoms with van der Waals surface area (Å²) >= 11 is 0. The molecule has 2 aliphatic heterocycles. The molecule has 92 valence electrons. The molecule has 0 radical (unpaired) electrons. The van der Waals surface area contributed by atoms with Gasteiger partial charge in [-0.2, -0.15) is 0 Å². The fourth-order valence-electron chi connectivity index (χ4n) is 3.25. The van der Waals surface area contributed by atoms with E-state index in [0.29, 0.717) is 6.04 Å². The van der Waals surface area contributed by atoms with E-state index in [1.807, 2.05) is 0 Å². The summed E-state index contributed by atoms with van der Waals surface area (Å²) < 4.78 is 0. The Hall–Kier alpha value is -0.860. The highest BCUT2D eigenvalue weighted by Crippen LogP contribution is 2.30. The van der Waals surface area contributed by atoms with Gasteiger partial charge in [-0.15, -0.1) is 0 Å². The predicted octanol–water partition coefficient (Wildman–Crippen LogP) is 2.26. The zero-order valence-electron chi connectivity index (χ0n) is 10.4. The van der Waals surface area contributed by atoms with Crippen molar-refractivity contribution in [3.05, 3.63) is 35.4 Å². The molecule has 0 aliphatic carbocycles. The van der Waals surface area contributed by atoms with Crippen LogP contribution in [0.5, 0.6) is 0 Å². The van der Waals surface area contributed by atoms with Crippen molar-refractivity contribution in [2.45, 2.75) is 31.7 Å². The Kier molecular flexibility index (Phi) is 3.44. The molecule has 3 rings (SSSR count). The molecule has 2 N–H and O–H groups in total. The first-order chi connectivity index (χ1) is 8.43. The Morgan fingerprint density at radius 1 is 1.06 bits per heavy atom. The topological polar surface area (TPSA) is 24.1 Å². The van der Waals surface area contributed by atoms with Crippen LogP contribution in [0, 0.1) is 5.92 Å². The van der Waals surface area contributed by atoms with Gasteiger partial charge in [0.1, 0.15) is 0 Å². The van der Waals surface area contributed by atoms with Crippen LogP contribution in [0.3, 0.4) is 0 Å². The second kappa shape index (κ2) is 5.19. The van der Waals surface area contributed by atoms with E-state index in [4.69, 9.17) is 0 Å². The van der Waals surface area contributed by atoms with Gasteiger partial charge in [-0.3, -0.25) is 0 Å².